The number of nitrogens with one attached hydrogen (secondary N) is 1. The van der Waals surface area contributed by atoms with Gasteiger partial charge in [-0.05, 0) is 43.2 Å². The smallest absolute Gasteiger partial charge is 0.287 e. The van der Waals surface area contributed by atoms with Crippen LogP contribution in [0.25, 0.3) is 11.0 Å². The summed E-state index contributed by atoms with van der Waals surface area (Å²) in [6, 6.07) is 15.4. The number of carbonyl (C=O) groups is 1. The minimum absolute atomic E-state index is 0.00743. The third-order valence-corrected chi connectivity index (χ3v) is 4.11. The third kappa shape index (κ3) is 4.25. The van der Waals surface area contributed by atoms with Crippen molar-refractivity contribution in [2.45, 2.75) is 25.4 Å². The summed E-state index contributed by atoms with van der Waals surface area (Å²) < 4.78 is 18.7. The molecule has 2 aromatic carbocycles. The molecule has 1 heterocycles. The minimum Gasteiger partial charge on any atom is -0.451 e. The van der Waals surface area contributed by atoms with Gasteiger partial charge < -0.3 is 14.8 Å². The lowest BCUT2D eigenvalue weighted by atomic mass is 9.93. The molecular weight excluding hydrogens is 321 g/mol. The maximum absolute atomic E-state index is 13.2. The fraction of sp³-hybridized carbons (Fsp3) is 0.250. The second-order valence-electron chi connectivity index (χ2n) is 6.20. The van der Waals surface area contributed by atoms with Crippen molar-refractivity contribution in [3.05, 3.63) is 71.7 Å². The van der Waals surface area contributed by atoms with Gasteiger partial charge in [0.15, 0.2) is 5.76 Å². The van der Waals surface area contributed by atoms with Crippen molar-refractivity contribution in [3.63, 3.8) is 0 Å². The van der Waals surface area contributed by atoms with E-state index in [-0.39, 0.29) is 23.4 Å². The molecule has 130 valence electrons. The molecule has 0 saturated carbocycles. The van der Waals surface area contributed by atoms with E-state index >= 15 is 0 Å². The number of carbonyl (C=O) groups excluding carboxylic acids is 1. The van der Waals surface area contributed by atoms with Crippen molar-refractivity contribution >= 4 is 16.9 Å². The quantitative estimate of drug-likeness (QED) is 0.716. The van der Waals surface area contributed by atoms with Crippen LogP contribution in [0.5, 0.6) is 0 Å². The maximum atomic E-state index is 13.2. The molecule has 0 aliphatic heterocycles. The van der Waals surface area contributed by atoms with E-state index in [1.807, 2.05) is 30.3 Å². The van der Waals surface area contributed by atoms with E-state index in [1.165, 1.54) is 24.3 Å². The lowest BCUT2D eigenvalue weighted by Gasteiger charge is -2.19. The molecule has 0 fully saturated rings. The van der Waals surface area contributed by atoms with E-state index in [4.69, 9.17) is 4.42 Å². The van der Waals surface area contributed by atoms with Crippen molar-refractivity contribution < 1.29 is 18.7 Å². The topological polar surface area (TPSA) is 62.5 Å². The Hall–Kier alpha value is -2.66. The number of fused-ring (bicyclic) bond motifs is 1. The molecule has 2 atom stereocenters. The summed E-state index contributed by atoms with van der Waals surface area (Å²) in [7, 11) is 0. The number of furan rings is 1. The predicted molar refractivity (Wildman–Crippen MR) is 94.0 cm³/mol. The molecule has 3 aromatic rings. The summed E-state index contributed by atoms with van der Waals surface area (Å²) in [5.74, 6) is -0.596. The Bertz CT molecular complexity index is 858. The second-order valence-corrected chi connectivity index (χ2v) is 6.20. The fourth-order valence-corrected chi connectivity index (χ4v) is 2.90. The lowest BCUT2D eigenvalue weighted by molar-refractivity contribution is 0.0920. The standard InChI is InChI=1S/C20H20FNO3/c1-13(23)9-16(14-5-3-2-4-6-14)12-22-20(24)19-11-15-10-17(21)7-8-18(15)25-19/h2-8,10-11,13,16,23H,9,12H2,1H3,(H,22,24). The van der Waals surface area contributed by atoms with Gasteiger partial charge in [0.05, 0.1) is 6.10 Å². The molecule has 3 rings (SSSR count). The van der Waals surface area contributed by atoms with Gasteiger partial charge in [-0.1, -0.05) is 30.3 Å². The van der Waals surface area contributed by atoms with Crippen LogP contribution in [-0.2, 0) is 0 Å². The number of hydrogen-bond donors (Lipinski definition) is 2. The summed E-state index contributed by atoms with van der Waals surface area (Å²) in [6.07, 6.45) is 0.0617. The van der Waals surface area contributed by atoms with Crippen LogP contribution in [0.4, 0.5) is 4.39 Å². The third-order valence-electron chi connectivity index (χ3n) is 4.11. The lowest BCUT2D eigenvalue weighted by Crippen LogP contribution is -2.29. The molecule has 0 saturated heterocycles. The van der Waals surface area contributed by atoms with Gasteiger partial charge in [0.2, 0.25) is 0 Å². The highest BCUT2D eigenvalue weighted by Gasteiger charge is 2.18. The van der Waals surface area contributed by atoms with Crippen LogP contribution in [0, 0.1) is 5.82 Å². The Balaban J connectivity index is 1.71. The van der Waals surface area contributed by atoms with Gasteiger partial charge in [-0.2, -0.15) is 0 Å². The largest absolute Gasteiger partial charge is 0.451 e. The first-order valence-corrected chi connectivity index (χ1v) is 8.23. The Morgan fingerprint density at radius 2 is 1.96 bits per heavy atom. The summed E-state index contributed by atoms with van der Waals surface area (Å²) >= 11 is 0. The Morgan fingerprint density at radius 1 is 1.20 bits per heavy atom. The summed E-state index contributed by atoms with van der Waals surface area (Å²) in [5, 5.41) is 13.1. The Labute approximate surface area is 145 Å². The van der Waals surface area contributed by atoms with E-state index in [0.717, 1.165) is 5.56 Å². The summed E-state index contributed by atoms with van der Waals surface area (Å²) in [5.41, 5.74) is 1.52. The number of aliphatic hydroxyl groups is 1. The van der Waals surface area contributed by atoms with Crippen LogP contribution in [0.1, 0.15) is 35.4 Å². The van der Waals surface area contributed by atoms with Crippen molar-refractivity contribution in [2.75, 3.05) is 6.54 Å². The first kappa shape index (κ1) is 17.2. The van der Waals surface area contributed by atoms with Gasteiger partial charge in [-0.25, -0.2) is 4.39 Å². The molecule has 0 radical (unpaired) electrons. The van der Waals surface area contributed by atoms with E-state index in [2.05, 4.69) is 5.32 Å². The molecule has 5 heteroatoms. The molecule has 0 spiro atoms. The SMILES string of the molecule is CC(O)CC(CNC(=O)c1cc2cc(F)ccc2o1)c1ccccc1. The van der Waals surface area contributed by atoms with Crippen LogP contribution in [0.15, 0.2) is 59.0 Å². The van der Waals surface area contributed by atoms with E-state index in [0.29, 0.717) is 23.9 Å². The van der Waals surface area contributed by atoms with Crippen molar-refractivity contribution in [1.82, 2.24) is 5.32 Å². The zero-order chi connectivity index (χ0) is 17.8. The van der Waals surface area contributed by atoms with Crippen LogP contribution < -0.4 is 5.32 Å². The van der Waals surface area contributed by atoms with Crippen molar-refractivity contribution in [3.8, 4) is 0 Å². The number of halogens is 1. The average molecular weight is 341 g/mol. The van der Waals surface area contributed by atoms with Crippen LogP contribution in [-0.4, -0.2) is 23.7 Å². The van der Waals surface area contributed by atoms with Gasteiger partial charge in [0, 0.05) is 17.8 Å². The molecule has 0 bridgehead atoms. The Kier molecular flexibility index (Phi) is 5.14. The van der Waals surface area contributed by atoms with Crippen LogP contribution in [0.2, 0.25) is 0 Å². The maximum Gasteiger partial charge on any atom is 0.287 e. The van der Waals surface area contributed by atoms with Crippen LogP contribution in [0.3, 0.4) is 0 Å². The fourth-order valence-electron chi connectivity index (χ4n) is 2.90. The average Bonchev–Trinajstić information content (AvgIpc) is 3.02. The zero-order valence-corrected chi connectivity index (χ0v) is 13.9. The minimum atomic E-state index is -0.476. The molecule has 2 unspecified atom stereocenters. The van der Waals surface area contributed by atoms with Gasteiger partial charge in [-0.15, -0.1) is 0 Å². The summed E-state index contributed by atoms with van der Waals surface area (Å²) in [4.78, 5) is 12.4. The molecular formula is C20H20FNO3. The van der Waals surface area contributed by atoms with E-state index < -0.39 is 6.10 Å². The first-order chi connectivity index (χ1) is 12.0. The van der Waals surface area contributed by atoms with Gasteiger partial charge in [-0.3, -0.25) is 4.79 Å². The highest BCUT2D eigenvalue weighted by Crippen LogP contribution is 2.22. The second kappa shape index (κ2) is 7.49. The van der Waals surface area contributed by atoms with Gasteiger partial charge in [0.1, 0.15) is 11.4 Å². The zero-order valence-electron chi connectivity index (χ0n) is 13.9. The normalized spacial score (nSPS) is 13.6. The molecule has 1 aromatic heterocycles. The number of benzene rings is 2. The number of rotatable bonds is 6. The molecule has 0 aliphatic rings. The van der Waals surface area contributed by atoms with Crippen LogP contribution >= 0.6 is 0 Å². The highest BCUT2D eigenvalue weighted by molar-refractivity contribution is 5.96. The molecule has 25 heavy (non-hydrogen) atoms. The number of amides is 1. The van der Waals surface area contributed by atoms with E-state index in [9.17, 15) is 14.3 Å². The van der Waals surface area contributed by atoms with Crippen molar-refractivity contribution in [1.29, 1.82) is 0 Å². The molecule has 2 N–H and O–H groups in total. The van der Waals surface area contributed by atoms with Gasteiger partial charge in [0.25, 0.3) is 5.91 Å². The summed E-state index contributed by atoms with van der Waals surface area (Å²) in [6.45, 7) is 2.10. The Morgan fingerprint density at radius 3 is 2.68 bits per heavy atom. The monoisotopic (exact) mass is 341 g/mol. The molecule has 4 nitrogen and oxygen atoms in total. The number of hydrogen-bond acceptors (Lipinski definition) is 3. The first-order valence-electron chi connectivity index (χ1n) is 8.23. The molecule has 0 aliphatic carbocycles. The molecule has 1 amide bonds. The van der Waals surface area contributed by atoms with Crippen molar-refractivity contribution in [2.24, 2.45) is 0 Å². The highest BCUT2D eigenvalue weighted by atomic mass is 19.1. The number of aliphatic hydroxyl groups excluding tert-OH is 1. The predicted octanol–water partition coefficient (Wildman–Crippen LogP) is 3.86. The van der Waals surface area contributed by atoms with E-state index in [1.54, 1.807) is 6.92 Å². The van der Waals surface area contributed by atoms with Gasteiger partial charge >= 0.3 is 0 Å².